The molecule has 64 valence electrons. The number of hydrogen-bond acceptors (Lipinski definition) is 2. The molecule has 1 unspecified atom stereocenters. The van der Waals surface area contributed by atoms with Gasteiger partial charge in [0, 0.05) is 0 Å². The minimum absolute atomic E-state index is 0.310. The van der Waals surface area contributed by atoms with E-state index in [1.807, 2.05) is 0 Å². The fourth-order valence-corrected chi connectivity index (χ4v) is 1.71. The van der Waals surface area contributed by atoms with E-state index in [0.29, 0.717) is 11.8 Å². The molecule has 11 heavy (non-hydrogen) atoms. The van der Waals surface area contributed by atoms with E-state index in [-0.39, 0.29) is 6.04 Å². The van der Waals surface area contributed by atoms with Crippen molar-refractivity contribution in [3.63, 3.8) is 0 Å². The lowest BCUT2D eigenvalue weighted by Crippen LogP contribution is -2.37. The molecule has 3 nitrogen and oxygen atoms in total. The maximum atomic E-state index is 10.7. The number of aliphatic carboxylic acids is 1. The standard InChI is InChI=1S/C8H15NO2/c1-5(2)6-3-4-9-7(6)8(10)11/h5-7,9H,3-4H2,1-2H3,(H,10,11)/t6-,7?/m1/s1. The maximum absolute atomic E-state index is 10.7. The van der Waals surface area contributed by atoms with Gasteiger partial charge in [-0.3, -0.25) is 4.79 Å². The Bertz CT molecular complexity index is 156. The second-order valence-electron chi connectivity index (χ2n) is 3.47. The monoisotopic (exact) mass is 157 g/mol. The SMILES string of the molecule is CC(C)[C@H]1CCNC1C(=O)O. The number of rotatable bonds is 2. The van der Waals surface area contributed by atoms with Crippen LogP contribution in [0.4, 0.5) is 0 Å². The molecule has 0 spiro atoms. The molecule has 1 fully saturated rings. The Kier molecular flexibility index (Phi) is 2.49. The summed E-state index contributed by atoms with van der Waals surface area (Å²) >= 11 is 0. The van der Waals surface area contributed by atoms with Gasteiger partial charge in [0.25, 0.3) is 0 Å². The molecule has 1 rings (SSSR count). The van der Waals surface area contributed by atoms with E-state index < -0.39 is 5.97 Å². The zero-order valence-electron chi connectivity index (χ0n) is 7.00. The van der Waals surface area contributed by atoms with Crippen molar-refractivity contribution in [3.05, 3.63) is 0 Å². The van der Waals surface area contributed by atoms with Crippen molar-refractivity contribution in [2.24, 2.45) is 11.8 Å². The fourth-order valence-electron chi connectivity index (χ4n) is 1.71. The van der Waals surface area contributed by atoms with Gasteiger partial charge in [-0.25, -0.2) is 0 Å². The maximum Gasteiger partial charge on any atom is 0.320 e. The van der Waals surface area contributed by atoms with E-state index in [1.54, 1.807) is 0 Å². The van der Waals surface area contributed by atoms with E-state index in [4.69, 9.17) is 5.11 Å². The molecule has 0 bridgehead atoms. The quantitative estimate of drug-likeness (QED) is 0.620. The van der Waals surface area contributed by atoms with E-state index in [1.165, 1.54) is 0 Å². The summed E-state index contributed by atoms with van der Waals surface area (Å²) in [6.45, 7) is 5.00. The van der Waals surface area contributed by atoms with E-state index >= 15 is 0 Å². The molecule has 2 N–H and O–H groups in total. The summed E-state index contributed by atoms with van der Waals surface area (Å²) < 4.78 is 0. The van der Waals surface area contributed by atoms with Crippen LogP contribution in [0.25, 0.3) is 0 Å². The Morgan fingerprint density at radius 1 is 1.64 bits per heavy atom. The number of carboxylic acids is 1. The molecule has 2 atom stereocenters. The molecule has 0 aromatic rings. The molecule has 0 aliphatic carbocycles. The summed E-state index contributed by atoms with van der Waals surface area (Å²) in [5.74, 6) is 0.0693. The molecule has 1 heterocycles. The zero-order valence-corrected chi connectivity index (χ0v) is 7.00. The number of carbonyl (C=O) groups is 1. The summed E-state index contributed by atoms with van der Waals surface area (Å²) in [5, 5.41) is 11.8. The average Bonchev–Trinajstić information content (AvgIpc) is 2.32. The predicted octanol–water partition coefficient (Wildman–Crippen LogP) is 0.705. The predicted molar refractivity (Wildman–Crippen MR) is 42.4 cm³/mol. The van der Waals surface area contributed by atoms with Crippen LogP contribution < -0.4 is 5.32 Å². The van der Waals surface area contributed by atoms with Gasteiger partial charge in [0.2, 0.25) is 0 Å². The van der Waals surface area contributed by atoms with Gasteiger partial charge >= 0.3 is 5.97 Å². The van der Waals surface area contributed by atoms with Gasteiger partial charge in [0.05, 0.1) is 0 Å². The van der Waals surface area contributed by atoms with E-state index in [0.717, 1.165) is 13.0 Å². The minimum Gasteiger partial charge on any atom is -0.480 e. The fraction of sp³-hybridized carbons (Fsp3) is 0.875. The normalized spacial score (nSPS) is 31.2. The van der Waals surface area contributed by atoms with Crippen LogP contribution in [-0.4, -0.2) is 23.7 Å². The lowest BCUT2D eigenvalue weighted by atomic mass is 9.89. The highest BCUT2D eigenvalue weighted by atomic mass is 16.4. The zero-order chi connectivity index (χ0) is 8.43. The van der Waals surface area contributed by atoms with Gasteiger partial charge in [-0.2, -0.15) is 0 Å². The molecule has 0 radical (unpaired) electrons. The van der Waals surface area contributed by atoms with Crippen molar-refractivity contribution in [2.75, 3.05) is 6.54 Å². The highest BCUT2D eigenvalue weighted by molar-refractivity contribution is 5.74. The minimum atomic E-state index is -0.707. The summed E-state index contributed by atoms with van der Waals surface area (Å²) in [6, 6.07) is -0.310. The highest BCUT2D eigenvalue weighted by Crippen LogP contribution is 2.23. The number of carboxylic acid groups (broad SMARTS) is 1. The molecular weight excluding hydrogens is 142 g/mol. The molecule has 0 amide bonds. The summed E-state index contributed by atoms with van der Waals surface area (Å²) in [7, 11) is 0. The first-order valence-corrected chi connectivity index (χ1v) is 4.09. The molecule has 1 aliphatic heterocycles. The molecule has 1 saturated heterocycles. The molecule has 1 aliphatic rings. The molecular formula is C8H15NO2. The Morgan fingerprint density at radius 2 is 2.27 bits per heavy atom. The topological polar surface area (TPSA) is 49.3 Å². The molecule has 3 heteroatoms. The Labute approximate surface area is 66.8 Å². The van der Waals surface area contributed by atoms with Crippen LogP contribution in [-0.2, 0) is 4.79 Å². The Morgan fingerprint density at radius 3 is 2.64 bits per heavy atom. The third kappa shape index (κ3) is 1.71. The van der Waals surface area contributed by atoms with Crippen molar-refractivity contribution < 1.29 is 9.90 Å². The van der Waals surface area contributed by atoms with Gasteiger partial charge in [0.1, 0.15) is 6.04 Å². The largest absolute Gasteiger partial charge is 0.480 e. The lowest BCUT2D eigenvalue weighted by Gasteiger charge is -2.18. The van der Waals surface area contributed by atoms with E-state index in [2.05, 4.69) is 19.2 Å². The van der Waals surface area contributed by atoms with Crippen molar-refractivity contribution >= 4 is 5.97 Å². The third-order valence-corrected chi connectivity index (χ3v) is 2.39. The third-order valence-electron chi connectivity index (χ3n) is 2.39. The highest BCUT2D eigenvalue weighted by Gasteiger charge is 2.33. The van der Waals surface area contributed by atoms with Crippen LogP contribution in [0.15, 0.2) is 0 Å². The van der Waals surface area contributed by atoms with Crippen LogP contribution in [0, 0.1) is 11.8 Å². The van der Waals surface area contributed by atoms with Crippen molar-refractivity contribution in [1.29, 1.82) is 0 Å². The average molecular weight is 157 g/mol. The van der Waals surface area contributed by atoms with Crippen molar-refractivity contribution in [2.45, 2.75) is 26.3 Å². The number of nitrogens with one attached hydrogen (secondary N) is 1. The summed E-state index contributed by atoms with van der Waals surface area (Å²) in [4.78, 5) is 10.7. The van der Waals surface area contributed by atoms with Crippen LogP contribution in [0.3, 0.4) is 0 Å². The summed E-state index contributed by atoms with van der Waals surface area (Å²) in [6.07, 6.45) is 0.995. The van der Waals surface area contributed by atoms with Gasteiger partial charge in [0.15, 0.2) is 0 Å². The molecule has 0 aromatic heterocycles. The first-order chi connectivity index (χ1) is 5.13. The van der Waals surface area contributed by atoms with Crippen molar-refractivity contribution in [1.82, 2.24) is 5.32 Å². The lowest BCUT2D eigenvalue weighted by molar-refractivity contribution is -0.140. The molecule has 0 saturated carbocycles. The van der Waals surface area contributed by atoms with Gasteiger partial charge in [-0.15, -0.1) is 0 Å². The number of hydrogen-bond donors (Lipinski definition) is 2. The van der Waals surface area contributed by atoms with E-state index in [9.17, 15) is 4.79 Å². The molecule has 0 aromatic carbocycles. The van der Waals surface area contributed by atoms with Crippen LogP contribution >= 0.6 is 0 Å². The second-order valence-corrected chi connectivity index (χ2v) is 3.47. The Hall–Kier alpha value is -0.570. The second kappa shape index (κ2) is 3.22. The van der Waals surface area contributed by atoms with Crippen LogP contribution in [0.5, 0.6) is 0 Å². The smallest absolute Gasteiger partial charge is 0.320 e. The van der Waals surface area contributed by atoms with Crippen molar-refractivity contribution in [3.8, 4) is 0 Å². The van der Waals surface area contributed by atoms with Crippen LogP contribution in [0.2, 0.25) is 0 Å². The first-order valence-electron chi connectivity index (χ1n) is 4.09. The van der Waals surface area contributed by atoms with Gasteiger partial charge in [-0.1, -0.05) is 13.8 Å². The first kappa shape index (κ1) is 8.53. The van der Waals surface area contributed by atoms with Crippen LogP contribution in [0.1, 0.15) is 20.3 Å². The van der Waals surface area contributed by atoms with Gasteiger partial charge < -0.3 is 10.4 Å². The summed E-state index contributed by atoms with van der Waals surface area (Å²) in [5.41, 5.74) is 0. The Balaban J connectivity index is 2.58. The van der Waals surface area contributed by atoms with Gasteiger partial charge in [-0.05, 0) is 24.8 Å².